The number of aromatic nitrogens is 1. The fourth-order valence-corrected chi connectivity index (χ4v) is 4.73. The molecule has 4 aromatic rings. The SMILES string of the molecule is COc1cc(N[C@@](C)(C(=O)c2c[nH]c3cc(OC)c(OC(F)(F)F)cc23)c2ccc(Cl)cc2OC)cc(OCCO)c1. The molecule has 13 heteroatoms. The first-order chi connectivity index (χ1) is 19.9. The number of rotatable bonds is 12. The fourth-order valence-electron chi connectivity index (χ4n) is 4.57. The molecule has 0 spiro atoms. The van der Waals surface area contributed by atoms with Crippen molar-refractivity contribution in [3.05, 3.63) is 70.9 Å². The third-order valence-corrected chi connectivity index (χ3v) is 6.70. The van der Waals surface area contributed by atoms with E-state index in [0.717, 1.165) is 6.07 Å². The molecule has 0 saturated heterocycles. The van der Waals surface area contributed by atoms with Crippen molar-refractivity contribution in [3.63, 3.8) is 0 Å². The Bertz CT molecular complexity index is 1590. The molecule has 0 saturated carbocycles. The van der Waals surface area contributed by atoms with Crippen molar-refractivity contribution in [1.82, 2.24) is 4.98 Å². The van der Waals surface area contributed by atoms with Gasteiger partial charge in [-0.05, 0) is 25.1 Å². The molecular weight excluding hydrogens is 581 g/mol. The minimum absolute atomic E-state index is 0.0228. The van der Waals surface area contributed by atoms with Crippen molar-refractivity contribution in [2.75, 3.05) is 39.9 Å². The summed E-state index contributed by atoms with van der Waals surface area (Å²) in [7, 11) is 4.09. The number of fused-ring (bicyclic) bond motifs is 1. The monoisotopic (exact) mass is 608 g/mol. The Morgan fingerprint density at radius 1 is 0.952 bits per heavy atom. The van der Waals surface area contributed by atoms with Crippen LogP contribution in [-0.4, -0.2) is 56.8 Å². The van der Waals surface area contributed by atoms with Gasteiger partial charge in [0.15, 0.2) is 17.3 Å². The molecule has 4 rings (SSSR count). The number of hydrogen-bond donors (Lipinski definition) is 3. The summed E-state index contributed by atoms with van der Waals surface area (Å²) in [5.41, 5.74) is -0.397. The van der Waals surface area contributed by atoms with Crippen LogP contribution in [0.5, 0.6) is 28.7 Å². The zero-order chi connectivity index (χ0) is 30.7. The summed E-state index contributed by atoms with van der Waals surface area (Å²) in [6, 6.07) is 12.0. The molecule has 0 fully saturated rings. The molecule has 0 bridgehead atoms. The van der Waals surface area contributed by atoms with E-state index in [1.54, 1.807) is 43.3 Å². The van der Waals surface area contributed by atoms with Gasteiger partial charge in [-0.2, -0.15) is 0 Å². The zero-order valence-corrected chi connectivity index (χ0v) is 23.8. The first-order valence-electron chi connectivity index (χ1n) is 12.5. The lowest BCUT2D eigenvalue weighted by atomic mass is 9.83. The number of alkyl halides is 3. The predicted octanol–water partition coefficient (Wildman–Crippen LogP) is 6.33. The molecule has 1 atom stereocenters. The quantitative estimate of drug-likeness (QED) is 0.160. The van der Waals surface area contributed by atoms with Crippen LogP contribution in [-0.2, 0) is 5.54 Å². The van der Waals surface area contributed by atoms with Gasteiger partial charge in [-0.15, -0.1) is 13.2 Å². The smallest absolute Gasteiger partial charge is 0.497 e. The highest BCUT2D eigenvalue weighted by molar-refractivity contribution is 6.30. The van der Waals surface area contributed by atoms with Crippen LogP contribution in [0, 0.1) is 0 Å². The van der Waals surface area contributed by atoms with Crippen molar-refractivity contribution in [2.45, 2.75) is 18.8 Å². The second-order valence-electron chi connectivity index (χ2n) is 9.19. The van der Waals surface area contributed by atoms with Crippen LogP contribution in [0.2, 0.25) is 5.02 Å². The van der Waals surface area contributed by atoms with Crippen molar-refractivity contribution < 1.29 is 46.8 Å². The van der Waals surface area contributed by atoms with Gasteiger partial charge in [0, 0.05) is 57.7 Å². The molecule has 0 aliphatic rings. The van der Waals surface area contributed by atoms with Gasteiger partial charge in [0.2, 0.25) is 0 Å². The number of anilines is 1. The maximum absolute atomic E-state index is 14.5. The second-order valence-corrected chi connectivity index (χ2v) is 9.63. The Balaban J connectivity index is 1.90. The molecule has 9 nitrogen and oxygen atoms in total. The van der Waals surface area contributed by atoms with Crippen LogP contribution in [0.3, 0.4) is 0 Å². The number of benzene rings is 3. The van der Waals surface area contributed by atoms with Crippen molar-refractivity contribution >= 4 is 34.0 Å². The summed E-state index contributed by atoms with van der Waals surface area (Å²) in [4.78, 5) is 17.4. The maximum Gasteiger partial charge on any atom is 0.573 e. The number of Topliss-reactive ketones (excluding diaryl/α,β-unsaturated/α-hetero) is 1. The Labute approximate surface area is 244 Å². The normalized spacial score (nSPS) is 12.9. The molecule has 42 heavy (non-hydrogen) atoms. The summed E-state index contributed by atoms with van der Waals surface area (Å²) in [6.45, 7) is 1.41. The van der Waals surface area contributed by atoms with Gasteiger partial charge < -0.3 is 39.1 Å². The number of hydrogen-bond acceptors (Lipinski definition) is 8. The van der Waals surface area contributed by atoms with Crippen LogP contribution < -0.4 is 29.0 Å². The lowest BCUT2D eigenvalue weighted by molar-refractivity contribution is -0.275. The summed E-state index contributed by atoms with van der Waals surface area (Å²) < 4.78 is 65.3. The molecule has 1 heterocycles. The summed E-state index contributed by atoms with van der Waals surface area (Å²) in [6.07, 6.45) is -3.59. The largest absolute Gasteiger partial charge is 0.573 e. The number of aromatic amines is 1. The van der Waals surface area contributed by atoms with E-state index < -0.39 is 23.4 Å². The van der Waals surface area contributed by atoms with Crippen LogP contribution in [0.25, 0.3) is 10.9 Å². The Morgan fingerprint density at radius 2 is 1.67 bits per heavy atom. The number of ether oxygens (including phenoxy) is 5. The maximum atomic E-state index is 14.5. The van der Waals surface area contributed by atoms with Crippen LogP contribution >= 0.6 is 11.6 Å². The van der Waals surface area contributed by atoms with Crippen LogP contribution in [0.1, 0.15) is 22.8 Å². The van der Waals surface area contributed by atoms with Gasteiger partial charge in [-0.25, -0.2) is 0 Å². The molecule has 3 N–H and O–H groups in total. The zero-order valence-electron chi connectivity index (χ0n) is 23.0. The molecule has 1 aromatic heterocycles. The van der Waals surface area contributed by atoms with Gasteiger partial charge in [-0.3, -0.25) is 4.79 Å². The number of H-pyrrole nitrogens is 1. The molecule has 3 aromatic carbocycles. The Morgan fingerprint density at radius 3 is 2.31 bits per heavy atom. The summed E-state index contributed by atoms with van der Waals surface area (Å²) in [5, 5.41) is 13.0. The Kier molecular flexibility index (Phi) is 8.97. The summed E-state index contributed by atoms with van der Waals surface area (Å²) in [5.74, 6) is -0.266. The van der Waals surface area contributed by atoms with Crippen LogP contribution in [0.4, 0.5) is 18.9 Å². The second kappa shape index (κ2) is 12.3. The number of nitrogens with one attached hydrogen (secondary N) is 2. The minimum Gasteiger partial charge on any atom is -0.497 e. The standard InChI is InChI=1S/C29H28ClF3N2O7/c1-28(22-6-5-16(30)9-24(22)39-3,35-17-10-18(38-2)12-19(11-17)41-8-7-36)27(37)21-15-34-23-14-25(40-4)26(13-20(21)23)42-29(31,32)33/h5-6,9-15,34-36H,7-8H2,1-4H3/t28-/m1/s1. The Hall–Kier alpha value is -4.29. The van der Waals surface area contributed by atoms with Crippen molar-refractivity contribution in [2.24, 2.45) is 0 Å². The molecular formula is C29H28ClF3N2O7. The lowest BCUT2D eigenvalue weighted by Gasteiger charge is -2.32. The van der Waals surface area contributed by atoms with Gasteiger partial charge >= 0.3 is 6.36 Å². The van der Waals surface area contributed by atoms with Crippen LogP contribution in [0.15, 0.2) is 54.7 Å². The number of aliphatic hydroxyl groups excluding tert-OH is 1. The highest BCUT2D eigenvalue weighted by atomic mass is 35.5. The lowest BCUT2D eigenvalue weighted by Crippen LogP contribution is -2.41. The molecule has 0 unspecified atom stereocenters. The first-order valence-corrected chi connectivity index (χ1v) is 12.8. The third kappa shape index (κ3) is 6.44. The topological polar surface area (TPSA) is 111 Å². The predicted molar refractivity (Wildman–Crippen MR) is 150 cm³/mol. The molecule has 224 valence electrons. The average Bonchev–Trinajstić information content (AvgIpc) is 3.36. The fraction of sp³-hybridized carbons (Fsp3) is 0.276. The number of carbonyl (C=O) groups excluding carboxylic acids is 1. The summed E-state index contributed by atoms with van der Waals surface area (Å²) >= 11 is 6.21. The van der Waals surface area contributed by atoms with Gasteiger partial charge in [-0.1, -0.05) is 17.7 Å². The number of ketones is 1. The molecule has 0 aliphatic carbocycles. The molecule has 0 radical (unpaired) electrons. The minimum atomic E-state index is -4.99. The number of halogens is 4. The van der Waals surface area contributed by atoms with Crippen molar-refractivity contribution in [3.8, 4) is 28.7 Å². The van der Waals surface area contributed by atoms with E-state index in [4.69, 9.17) is 30.5 Å². The van der Waals surface area contributed by atoms with E-state index in [9.17, 15) is 23.1 Å². The van der Waals surface area contributed by atoms with E-state index in [1.165, 1.54) is 33.6 Å². The van der Waals surface area contributed by atoms with E-state index in [1.807, 2.05) is 0 Å². The van der Waals surface area contributed by atoms with Crippen molar-refractivity contribution in [1.29, 1.82) is 0 Å². The molecule has 0 aliphatic heterocycles. The number of carbonyl (C=O) groups is 1. The van der Waals surface area contributed by atoms with E-state index in [0.29, 0.717) is 33.3 Å². The first kappa shape index (κ1) is 30.7. The molecule has 0 amide bonds. The third-order valence-electron chi connectivity index (χ3n) is 6.46. The van der Waals surface area contributed by atoms with E-state index in [2.05, 4.69) is 15.0 Å². The number of methoxy groups -OCH3 is 3. The average molecular weight is 609 g/mol. The number of aliphatic hydroxyl groups is 1. The van der Waals surface area contributed by atoms with E-state index in [-0.39, 0.29) is 35.7 Å². The highest BCUT2D eigenvalue weighted by Crippen LogP contribution is 2.42. The van der Waals surface area contributed by atoms with Gasteiger partial charge in [0.1, 0.15) is 29.4 Å². The van der Waals surface area contributed by atoms with E-state index >= 15 is 0 Å². The van der Waals surface area contributed by atoms with Gasteiger partial charge in [0.25, 0.3) is 0 Å². The highest BCUT2D eigenvalue weighted by Gasteiger charge is 2.40. The van der Waals surface area contributed by atoms with Gasteiger partial charge in [0.05, 0.1) is 33.5 Å².